The molecule has 0 aliphatic rings. The van der Waals surface area contributed by atoms with E-state index in [1.807, 2.05) is 10.6 Å². The number of halogens is 4. The van der Waals surface area contributed by atoms with Crippen LogP contribution >= 0.6 is 57.7 Å². The van der Waals surface area contributed by atoms with Crippen LogP contribution in [-0.2, 0) is 0 Å². The maximum atomic E-state index is 6.21. The van der Waals surface area contributed by atoms with Crippen molar-refractivity contribution in [1.82, 2.24) is 14.4 Å². The van der Waals surface area contributed by atoms with Gasteiger partial charge < -0.3 is 0 Å². The van der Waals surface area contributed by atoms with Crippen LogP contribution in [0.15, 0.2) is 30.6 Å². The predicted molar refractivity (Wildman–Crippen MR) is 93.8 cm³/mol. The van der Waals surface area contributed by atoms with Crippen molar-refractivity contribution < 1.29 is 0 Å². The van der Waals surface area contributed by atoms with Crippen LogP contribution in [0, 0.1) is 0 Å². The van der Waals surface area contributed by atoms with E-state index >= 15 is 0 Å². The van der Waals surface area contributed by atoms with Crippen molar-refractivity contribution in [2.75, 3.05) is 0 Å². The fourth-order valence-electron chi connectivity index (χ4n) is 2.21. The summed E-state index contributed by atoms with van der Waals surface area (Å²) in [6.45, 7) is 0. The SMILES string of the molecule is Clc1cnc(-c2cn3c(nc4cc(Cl)c(Cl)cc43)s2)c(Cl)c1. The average molecular weight is 389 g/mol. The molecule has 0 fully saturated rings. The van der Waals surface area contributed by atoms with Crippen molar-refractivity contribution in [3.05, 3.63) is 50.7 Å². The number of hydrogen-bond acceptors (Lipinski definition) is 3. The first-order chi connectivity index (χ1) is 10.5. The van der Waals surface area contributed by atoms with Gasteiger partial charge in [-0.2, -0.15) is 0 Å². The minimum atomic E-state index is 0.488. The number of rotatable bonds is 1. The molecule has 0 radical (unpaired) electrons. The van der Waals surface area contributed by atoms with E-state index in [0.717, 1.165) is 20.9 Å². The number of fused-ring (bicyclic) bond motifs is 3. The molecule has 8 heteroatoms. The highest BCUT2D eigenvalue weighted by Gasteiger charge is 2.14. The Morgan fingerprint density at radius 2 is 1.73 bits per heavy atom. The van der Waals surface area contributed by atoms with Crippen LogP contribution in [-0.4, -0.2) is 14.4 Å². The summed E-state index contributed by atoms with van der Waals surface area (Å²) in [5.41, 5.74) is 2.36. The second-order valence-electron chi connectivity index (χ2n) is 4.60. The Labute approximate surface area is 149 Å². The molecule has 4 aromatic rings. The lowest BCUT2D eigenvalue weighted by atomic mass is 10.3. The van der Waals surface area contributed by atoms with Crippen molar-refractivity contribution in [3.8, 4) is 10.6 Å². The lowest BCUT2D eigenvalue weighted by molar-refractivity contribution is 1.27. The highest BCUT2D eigenvalue weighted by atomic mass is 35.5. The first-order valence-electron chi connectivity index (χ1n) is 6.11. The van der Waals surface area contributed by atoms with Crippen molar-refractivity contribution in [1.29, 1.82) is 0 Å². The Morgan fingerprint density at radius 1 is 0.955 bits per heavy atom. The van der Waals surface area contributed by atoms with Crippen LogP contribution in [0.25, 0.3) is 26.6 Å². The van der Waals surface area contributed by atoms with Crippen LogP contribution in [0.4, 0.5) is 0 Å². The quantitative estimate of drug-likeness (QED) is 0.387. The zero-order chi connectivity index (χ0) is 15.4. The molecule has 0 unspecified atom stereocenters. The highest BCUT2D eigenvalue weighted by Crippen LogP contribution is 2.36. The van der Waals surface area contributed by atoms with Gasteiger partial charge in [0.05, 0.1) is 36.0 Å². The summed E-state index contributed by atoms with van der Waals surface area (Å²) in [5, 5.41) is 1.98. The van der Waals surface area contributed by atoms with Crippen LogP contribution in [0.2, 0.25) is 20.1 Å². The largest absolute Gasteiger partial charge is 0.289 e. The number of nitrogens with zero attached hydrogens (tertiary/aromatic N) is 3. The molecule has 3 heterocycles. The van der Waals surface area contributed by atoms with Crippen molar-refractivity contribution in [3.63, 3.8) is 0 Å². The van der Waals surface area contributed by atoms with Gasteiger partial charge in [0.25, 0.3) is 0 Å². The van der Waals surface area contributed by atoms with Crippen molar-refractivity contribution in [2.24, 2.45) is 0 Å². The molecule has 0 spiro atoms. The van der Waals surface area contributed by atoms with Gasteiger partial charge in [0.1, 0.15) is 5.69 Å². The summed E-state index contributed by atoms with van der Waals surface area (Å²) in [7, 11) is 0. The molecule has 0 amide bonds. The maximum absolute atomic E-state index is 6.21. The first kappa shape index (κ1) is 14.5. The number of thiazole rings is 1. The number of pyridine rings is 1. The third kappa shape index (κ3) is 2.27. The molecule has 3 aromatic heterocycles. The van der Waals surface area contributed by atoms with E-state index in [1.54, 1.807) is 24.4 Å². The smallest absolute Gasteiger partial charge is 0.195 e. The molecule has 0 atom stereocenters. The summed E-state index contributed by atoms with van der Waals surface area (Å²) in [6, 6.07) is 5.22. The average Bonchev–Trinajstić information content (AvgIpc) is 2.98. The number of aromatic nitrogens is 3. The monoisotopic (exact) mass is 387 g/mol. The zero-order valence-electron chi connectivity index (χ0n) is 10.6. The summed E-state index contributed by atoms with van der Waals surface area (Å²) in [5.74, 6) is 0. The fraction of sp³-hybridized carbons (Fsp3) is 0. The topological polar surface area (TPSA) is 30.2 Å². The molecular weight excluding hydrogens is 384 g/mol. The van der Waals surface area contributed by atoms with Gasteiger partial charge in [-0.1, -0.05) is 57.7 Å². The van der Waals surface area contributed by atoms with Gasteiger partial charge in [0.15, 0.2) is 4.96 Å². The molecular formula is C14H5Cl4N3S. The van der Waals surface area contributed by atoms with Crippen molar-refractivity contribution >= 4 is 73.7 Å². The van der Waals surface area contributed by atoms with E-state index in [1.165, 1.54) is 11.3 Å². The van der Waals surface area contributed by atoms with E-state index in [0.29, 0.717) is 25.8 Å². The van der Waals surface area contributed by atoms with E-state index < -0.39 is 0 Å². The third-order valence-electron chi connectivity index (χ3n) is 3.19. The Balaban J connectivity index is 1.96. The lowest BCUT2D eigenvalue weighted by Crippen LogP contribution is -1.83. The standard InChI is InChI=1S/C14H5Cl4N3S/c15-6-1-9(18)13(19-4-6)12-5-21-11-3-8(17)7(16)2-10(11)20-14(21)22-12/h1-5H. The van der Waals surface area contributed by atoms with Crippen LogP contribution in [0.3, 0.4) is 0 Å². The molecule has 0 saturated carbocycles. The van der Waals surface area contributed by atoms with Crippen LogP contribution < -0.4 is 0 Å². The van der Waals surface area contributed by atoms with E-state index in [4.69, 9.17) is 46.4 Å². The minimum absolute atomic E-state index is 0.488. The van der Waals surface area contributed by atoms with Gasteiger partial charge in [-0.3, -0.25) is 9.38 Å². The number of hydrogen-bond donors (Lipinski definition) is 0. The number of imidazole rings is 1. The molecule has 0 bridgehead atoms. The summed E-state index contributed by atoms with van der Waals surface area (Å²) in [4.78, 5) is 10.6. The molecule has 0 aliphatic carbocycles. The number of benzene rings is 1. The lowest BCUT2D eigenvalue weighted by Gasteiger charge is -2.00. The van der Waals surface area contributed by atoms with E-state index in [2.05, 4.69) is 9.97 Å². The van der Waals surface area contributed by atoms with Crippen LogP contribution in [0.5, 0.6) is 0 Å². The molecule has 4 rings (SSSR count). The second kappa shape index (κ2) is 5.25. The Morgan fingerprint density at radius 3 is 2.50 bits per heavy atom. The first-order valence-corrected chi connectivity index (χ1v) is 8.44. The summed E-state index contributed by atoms with van der Waals surface area (Å²) < 4.78 is 1.95. The molecule has 0 aliphatic heterocycles. The maximum Gasteiger partial charge on any atom is 0.195 e. The zero-order valence-corrected chi connectivity index (χ0v) is 14.5. The van der Waals surface area contributed by atoms with Gasteiger partial charge in [0.2, 0.25) is 0 Å². The van der Waals surface area contributed by atoms with E-state index in [-0.39, 0.29) is 0 Å². The van der Waals surface area contributed by atoms with Crippen molar-refractivity contribution in [2.45, 2.75) is 0 Å². The predicted octanol–water partition coefficient (Wildman–Crippen LogP) is 6.22. The molecule has 110 valence electrons. The highest BCUT2D eigenvalue weighted by molar-refractivity contribution is 7.20. The normalized spacial score (nSPS) is 11.6. The van der Waals surface area contributed by atoms with E-state index in [9.17, 15) is 0 Å². The van der Waals surface area contributed by atoms with Gasteiger partial charge in [-0.15, -0.1) is 0 Å². The van der Waals surface area contributed by atoms with Gasteiger partial charge >= 0.3 is 0 Å². The molecule has 0 N–H and O–H groups in total. The van der Waals surface area contributed by atoms with Crippen LogP contribution in [0.1, 0.15) is 0 Å². The summed E-state index contributed by atoms with van der Waals surface area (Å²) >= 11 is 25.7. The second-order valence-corrected chi connectivity index (χ2v) is 7.27. The minimum Gasteiger partial charge on any atom is -0.289 e. The molecule has 0 saturated heterocycles. The summed E-state index contributed by atoms with van der Waals surface area (Å²) in [6.07, 6.45) is 3.50. The molecule has 3 nitrogen and oxygen atoms in total. The Bertz CT molecular complexity index is 1040. The fourth-order valence-corrected chi connectivity index (χ4v) is 4.07. The molecule has 1 aromatic carbocycles. The third-order valence-corrected chi connectivity index (χ3v) is 5.39. The van der Waals surface area contributed by atoms with Gasteiger partial charge in [0, 0.05) is 12.4 Å². The van der Waals surface area contributed by atoms with Gasteiger partial charge in [-0.05, 0) is 18.2 Å². The Hall–Kier alpha value is -1.04. The molecule has 22 heavy (non-hydrogen) atoms. The van der Waals surface area contributed by atoms with Gasteiger partial charge in [-0.25, -0.2) is 4.98 Å². The Kier molecular flexibility index (Phi) is 3.47.